The molecule has 0 aliphatic heterocycles. The van der Waals surface area contributed by atoms with Gasteiger partial charge in [-0.3, -0.25) is 0 Å². The molecule has 3 rings (SSSR count). The zero-order valence-electron chi connectivity index (χ0n) is 11.3. The maximum atomic E-state index is 13.6. The summed E-state index contributed by atoms with van der Waals surface area (Å²) in [5.41, 5.74) is -1.11. The summed E-state index contributed by atoms with van der Waals surface area (Å²) in [6.07, 6.45) is -2.02. The Hall–Kier alpha value is -0.990. The quantitative estimate of drug-likeness (QED) is 0.660. The Morgan fingerprint density at radius 1 is 1.11 bits per heavy atom. The van der Waals surface area contributed by atoms with Crippen LogP contribution in [0.1, 0.15) is 44.6 Å². The van der Waals surface area contributed by atoms with Crippen LogP contribution >= 0.6 is 0 Å². The monoisotopic (exact) mass is 268 g/mol. The zero-order chi connectivity index (χ0) is 13.9. The van der Waals surface area contributed by atoms with Crippen LogP contribution in [0, 0.1) is 16.7 Å². The van der Waals surface area contributed by atoms with E-state index in [1.54, 1.807) is 0 Å². The summed E-state index contributed by atoms with van der Waals surface area (Å²) in [6.45, 7) is 3.30. The van der Waals surface area contributed by atoms with E-state index in [1.165, 1.54) is 6.92 Å². The Kier molecular flexibility index (Phi) is 2.58. The Labute approximate surface area is 112 Å². The normalized spacial score (nSPS) is 41.7. The van der Waals surface area contributed by atoms with Crippen LogP contribution in [0.2, 0.25) is 0 Å². The molecule has 104 valence electrons. The molecule has 0 saturated heterocycles. The molecule has 1 aromatic carbocycles. The van der Waals surface area contributed by atoms with Gasteiger partial charge in [-0.05, 0) is 42.1 Å². The van der Waals surface area contributed by atoms with Gasteiger partial charge in [-0.25, -0.2) is 0 Å². The minimum absolute atomic E-state index is 0.0408. The smallest absolute Gasteiger partial charge is 0.170 e. The third kappa shape index (κ3) is 1.47. The lowest BCUT2D eigenvalue weighted by Gasteiger charge is -2.42. The van der Waals surface area contributed by atoms with Gasteiger partial charge in [0.1, 0.15) is 0 Å². The predicted molar refractivity (Wildman–Crippen MR) is 68.8 cm³/mol. The number of rotatable bonds is 1. The molecule has 0 amide bonds. The second kappa shape index (κ2) is 3.77. The Balaban J connectivity index is 2.06. The fourth-order valence-electron chi connectivity index (χ4n) is 4.67. The molecular weight excluding hydrogens is 249 g/mol. The zero-order valence-corrected chi connectivity index (χ0v) is 11.3. The first kappa shape index (κ1) is 13.0. The SMILES string of the molecule is CC12CCC(CC1c1ccccc1)C2(C)C(F)(F)F. The van der Waals surface area contributed by atoms with E-state index in [-0.39, 0.29) is 11.8 Å². The van der Waals surface area contributed by atoms with E-state index in [2.05, 4.69) is 0 Å². The molecule has 2 aliphatic rings. The molecule has 19 heavy (non-hydrogen) atoms. The van der Waals surface area contributed by atoms with E-state index in [0.29, 0.717) is 12.8 Å². The molecule has 0 spiro atoms. The summed E-state index contributed by atoms with van der Waals surface area (Å²) < 4.78 is 40.9. The van der Waals surface area contributed by atoms with Gasteiger partial charge in [-0.1, -0.05) is 44.2 Å². The Morgan fingerprint density at radius 3 is 2.26 bits per heavy atom. The minimum Gasteiger partial charge on any atom is -0.170 e. The van der Waals surface area contributed by atoms with Crippen molar-refractivity contribution in [2.24, 2.45) is 16.7 Å². The lowest BCUT2D eigenvalue weighted by molar-refractivity contribution is -0.250. The third-order valence-electron chi connectivity index (χ3n) is 6.10. The number of fused-ring (bicyclic) bond motifs is 2. The topological polar surface area (TPSA) is 0 Å². The van der Waals surface area contributed by atoms with Crippen LogP contribution in [-0.2, 0) is 0 Å². The Morgan fingerprint density at radius 2 is 1.74 bits per heavy atom. The van der Waals surface area contributed by atoms with Crippen LogP contribution in [0.25, 0.3) is 0 Å². The van der Waals surface area contributed by atoms with Crippen LogP contribution in [0.3, 0.4) is 0 Å². The fourth-order valence-corrected chi connectivity index (χ4v) is 4.67. The van der Waals surface area contributed by atoms with Crippen molar-refractivity contribution < 1.29 is 13.2 Å². The standard InChI is InChI=1S/C16H19F3/c1-14-9-8-12(15(14,2)16(17,18)19)10-13(14)11-6-4-3-5-7-11/h3-7,12-13H,8-10H2,1-2H3. The molecule has 4 atom stereocenters. The van der Waals surface area contributed by atoms with Gasteiger partial charge in [0, 0.05) is 0 Å². The third-order valence-corrected chi connectivity index (χ3v) is 6.10. The second-order valence-corrected chi connectivity index (χ2v) is 6.55. The first-order valence-electron chi connectivity index (χ1n) is 6.92. The number of alkyl halides is 3. The highest BCUT2D eigenvalue weighted by Gasteiger charge is 2.73. The molecule has 1 aromatic rings. The van der Waals surface area contributed by atoms with Crippen molar-refractivity contribution in [3.63, 3.8) is 0 Å². The second-order valence-electron chi connectivity index (χ2n) is 6.55. The summed E-state index contributed by atoms with van der Waals surface area (Å²) in [6, 6.07) is 9.73. The average molecular weight is 268 g/mol. The van der Waals surface area contributed by atoms with Gasteiger partial charge < -0.3 is 0 Å². The van der Waals surface area contributed by atoms with E-state index in [4.69, 9.17) is 0 Å². The molecule has 0 nitrogen and oxygen atoms in total. The van der Waals surface area contributed by atoms with Crippen molar-refractivity contribution in [3.05, 3.63) is 35.9 Å². The maximum Gasteiger partial charge on any atom is 0.395 e. The Bertz CT molecular complexity index is 479. The van der Waals surface area contributed by atoms with Gasteiger partial charge in [0.05, 0.1) is 5.41 Å². The summed E-state index contributed by atoms with van der Waals surface area (Å²) >= 11 is 0. The van der Waals surface area contributed by atoms with Gasteiger partial charge in [-0.15, -0.1) is 0 Å². The summed E-state index contributed by atoms with van der Waals surface area (Å²) in [4.78, 5) is 0. The van der Waals surface area contributed by atoms with Crippen molar-refractivity contribution in [1.29, 1.82) is 0 Å². The van der Waals surface area contributed by atoms with Crippen molar-refractivity contribution >= 4 is 0 Å². The highest BCUT2D eigenvalue weighted by Crippen LogP contribution is 2.75. The van der Waals surface area contributed by atoms with E-state index >= 15 is 0 Å². The summed E-state index contributed by atoms with van der Waals surface area (Å²) in [7, 11) is 0. The highest BCUT2D eigenvalue weighted by molar-refractivity contribution is 5.29. The first-order chi connectivity index (χ1) is 8.81. The first-order valence-corrected chi connectivity index (χ1v) is 6.92. The van der Waals surface area contributed by atoms with Gasteiger partial charge in [0.2, 0.25) is 0 Å². The molecule has 2 bridgehead atoms. The van der Waals surface area contributed by atoms with Crippen LogP contribution in [-0.4, -0.2) is 6.18 Å². The van der Waals surface area contributed by atoms with Gasteiger partial charge >= 0.3 is 6.18 Å². The van der Waals surface area contributed by atoms with Crippen LogP contribution in [0.5, 0.6) is 0 Å². The molecule has 3 heteroatoms. The summed E-state index contributed by atoms with van der Waals surface area (Å²) in [5, 5.41) is 0. The van der Waals surface area contributed by atoms with Crippen LogP contribution < -0.4 is 0 Å². The predicted octanol–water partition coefficient (Wildman–Crippen LogP) is 5.16. The highest BCUT2D eigenvalue weighted by atomic mass is 19.4. The molecule has 2 fully saturated rings. The number of halogens is 3. The van der Waals surface area contributed by atoms with Crippen LogP contribution in [0.15, 0.2) is 30.3 Å². The lowest BCUT2D eigenvalue weighted by Crippen LogP contribution is -2.45. The van der Waals surface area contributed by atoms with Gasteiger partial charge in [0.15, 0.2) is 0 Å². The number of hydrogen-bond acceptors (Lipinski definition) is 0. The average Bonchev–Trinajstić information content (AvgIpc) is 2.75. The van der Waals surface area contributed by atoms with E-state index in [9.17, 15) is 13.2 Å². The largest absolute Gasteiger partial charge is 0.395 e. The van der Waals surface area contributed by atoms with Crippen LogP contribution in [0.4, 0.5) is 13.2 Å². The van der Waals surface area contributed by atoms with Gasteiger partial charge in [0.25, 0.3) is 0 Å². The van der Waals surface area contributed by atoms with Gasteiger partial charge in [-0.2, -0.15) is 13.2 Å². The molecule has 0 heterocycles. The maximum absolute atomic E-state index is 13.6. The number of benzene rings is 1. The fraction of sp³-hybridized carbons (Fsp3) is 0.625. The van der Waals surface area contributed by atoms with E-state index in [0.717, 1.165) is 12.0 Å². The molecule has 0 radical (unpaired) electrons. The molecule has 0 N–H and O–H groups in total. The van der Waals surface area contributed by atoms with Crippen molar-refractivity contribution in [2.75, 3.05) is 0 Å². The molecule has 0 aromatic heterocycles. The van der Waals surface area contributed by atoms with Crippen molar-refractivity contribution in [1.82, 2.24) is 0 Å². The van der Waals surface area contributed by atoms with E-state index in [1.807, 2.05) is 37.3 Å². The minimum atomic E-state index is -4.10. The molecular formula is C16H19F3. The summed E-state index contributed by atoms with van der Waals surface area (Å²) in [5.74, 6) is -0.179. The number of hydrogen-bond donors (Lipinski definition) is 0. The van der Waals surface area contributed by atoms with Crippen molar-refractivity contribution in [3.8, 4) is 0 Å². The molecule has 2 saturated carbocycles. The lowest BCUT2D eigenvalue weighted by atomic mass is 9.63. The molecule has 4 unspecified atom stereocenters. The van der Waals surface area contributed by atoms with Crippen molar-refractivity contribution in [2.45, 2.75) is 45.2 Å². The van der Waals surface area contributed by atoms with E-state index < -0.39 is 17.0 Å². The molecule has 2 aliphatic carbocycles.